The summed E-state index contributed by atoms with van der Waals surface area (Å²) >= 11 is 0. The van der Waals surface area contributed by atoms with Crippen LogP contribution >= 0.6 is 0 Å². The average Bonchev–Trinajstić information content (AvgIpc) is 2.72. The highest BCUT2D eigenvalue weighted by Crippen LogP contribution is 2.38. The number of hydrogen-bond acceptors (Lipinski definition) is 3. The van der Waals surface area contributed by atoms with Gasteiger partial charge in [0.2, 0.25) is 0 Å². The lowest BCUT2D eigenvalue weighted by molar-refractivity contribution is -0.148. The van der Waals surface area contributed by atoms with Crippen LogP contribution in [-0.4, -0.2) is 28.1 Å². The highest BCUT2D eigenvalue weighted by atomic mass is 16.4. The van der Waals surface area contributed by atoms with E-state index < -0.39 is 11.4 Å². The maximum absolute atomic E-state index is 12.3. The van der Waals surface area contributed by atoms with E-state index in [-0.39, 0.29) is 17.7 Å². The second kappa shape index (κ2) is 5.15. The van der Waals surface area contributed by atoms with Crippen molar-refractivity contribution in [3.63, 3.8) is 0 Å². The van der Waals surface area contributed by atoms with Gasteiger partial charge in [-0.15, -0.1) is 0 Å². The minimum Gasteiger partial charge on any atom is -0.508 e. The second-order valence-electron chi connectivity index (χ2n) is 5.64. The maximum Gasteiger partial charge on any atom is 0.311 e. The Kier molecular flexibility index (Phi) is 3.70. The van der Waals surface area contributed by atoms with E-state index in [0.29, 0.717) is 24.0 Å². The summed E-state index contributed by atoms with van der Waals surface area (Å²) in [6.45, 7) is 3.41. The van der Waals surface area contributed by atoms with Crippen molar-refractivity contribution >= 4 is 11.9 Å². The van der Waals surface area contributed by atoms with E-state index in [0.717, 1.165) is 6.42 Å². The van der Waals surface area contributed by atoms with Crippen molar-refractivity contribution < 1.29 is 19.8 Å². The van der Waals surface area contributed by atoms with Crippen LogP contribution in [0.3, 0.4) is 0 Å². The molecule has 0 spiro atoms. The monoisotopic (exact) mass is 277 g/mol. The summed E-state index contributed by atoms with van der Waals surface area (Å²) in [4.78, 5) is 23.6. The van der Waals surface area contributed by atoms with Crippen LogP contribution in [0.1, 0.15) is 42.1 Å². The van der Waals surface area contributed by atoms with Crippen molar-refractivity contribution in [3.8, 4) is 5.75 Å². The summed E-state index contributed by atoms with van der Waals surface area (Å²) in [7, 11) is 0. The van der Waals surface area contributed by atoms with Gasteiger partial charge in [0.1, 0.15) is 5.75 Å². The Morgan fingerprint density at radius 2 is 2.10 bits per heavy atom. The van der Waals surface area contributed by atoms with Crippen molar-refractivity contribution in [1.29, 1.82) is 0 Å². The van der Waals surface area contributed by atoms with Gasteiger partial charge in [0.25, 0.3) is 5.91 Å². The minimum atomic E-state index is -0.902. The van der Waals surface area contributed by atoms with Crippen LogP contribution in [0.4, 0.5) is 0 Å². The molecule has 0 radical (unpaired) electrons. The van der Waals surface area contributed by atoms with E-state index in [2.05, 4.69) is 5.32 Å². The number of carboxylic acids is 1. The number of rotatable bonds is 3. The van der Waals surface area contributed by atoms with Gasteiger partial charge in [0, 0.05) is 11.6 Å². The number of hydrogen-bond donors (Lipinski definition) is 3. The molecule has 2 atom stereocenters. The number of phenolic OH excluding ortho intramolecular Hbond substituents is 1. The third kappa shape index (κ3) is 2.48. The Bertz CT molecular complexity index is 555. The summed E-state index contributed by atoms with van der Waals surface area (Å²) in [5, 5.41) is 21.5. The van der Waals surface area contributed by atoms with Gasteiger partial charge in [-0.25, -0.2) is 0 Å². The molecule has 5 nitrogen and oxygen atoms in total. The minimum absolute atomic E-state index is 0.107. The van der Waals surface area contributed by atoms with E-state index in [1.807, 2.05) is 0 Å². The van der Waals surface area contributed by atoms with Crippen LogP contribution in [0.2, 0.25) is 0 Å². The Labute approximate surface area is 117 Å². The first-order chi connectivity index (χ1) is 9.34. The van der Waals surface area contributed by atoms with Gasteiger partial charge in [-0.05, 0) is 50.5 Å². The number of phenols is 1. The lowest BCUT2D eigenvalue weighted by atomic mass is 9.84. The SMILES string of the molecule is Cc1cc(O)ccc1C(=O)NC1CCCC1(C)C(=O)O. The standard InChI is InChI=1S/C15H19NO4/c1-9-8-10(17)5-6-11(9)13(18)16-12-4-3-7-15(12,2)14(19)20/h5-6,8,12,17H,3-4,7H2,1-2H3,(H,16,18)(H,19,20). The third-order valence-electron chi connectivity index (χ3n) is 4.21. The lowest BCUT2D eigenvalue weighted by Gasteiger charge is -2.27. The van der Waals surface area contributed by atoms with Crippen molar-refractivity contribution in [1.82, 2.24) is 5.32 Å². The molecule has 20 heavy (non-hydrogen) atoms. The lowest BCUT2D eigenvalue weighted by Crippen LogP contribution is -2.47. The fourth-order valence-corrected chi connectivity index (χ4v) is 2.79. The second-order valence-corrected chi connectivity index (χ2v) is 5.64. The van der Waals surface area contributed by atoms with E-state index >= 15 is 0 Å². The van der Waals surface area contributed by atoms with Gasteiger partial charge in [0.15, 0.2) is 0 Å². The van der Waals surface area contributed by atoms with Crippen LogP contribution in [0, 0.1) is 12.3 Å². The van der Waals surface area contributed by atoms with E-state index in [1.165, 1.54) is 12.1 Å². The number of carbonyl (C=O) groups is 2. The zero-order chi connectivity index (χ0) is 14.9. The van der Waals surface area contributed by atoms with Crippen molar-refractivity contribution in [2.45, 2.75) is 39.2 Å². The molecule has 1 aliphatic rings. The predicted octanol–water partition coefficient (Wildman–Crippen LogP) is 2.07. The summed E-state index contributed by atoms with van der Waals surface area (Å²) in [5.41, 5.74) is 0.223. The first kappa shape index (κ1) is 14.4. The Balaban J connectivity index is 2.17. The molecular weight excluding hydrogens is 258 g/mol. The Hall–Kier alpha value is -2.04. The number of amides is 1. The average molecular weight is 277 g/mol. The Morgan fingerprint density at radius 1 is 1.40 bits per heavy atom. The van der Waals surface area contributed by atoms with Crippen LogP contribution < -0.4 is 5.32 Å². The number of carbonyl (C=O) groups excluding carboxylic acids is 1. The molecule has 1 fully saturated rings. The number of benzene rings is 1. The zero-order valence-corrected chi connectivity index (χ0v) is 11.6. The number of aliphatic carboxylic acids is 1. The molecule has 1 amide bonds. The third-order valence-corrected chi connectivity index (χ3v) is 4.21. The van der Waals surface area contributed by atoms with Gasteiger partial charge in [-0.1, -0.05) is 6.42 Å². The van der Waals surface area contributed by atoms with Gasteiger partial charge >= 0.3 is 5.97 Å². The molecule has 1 aromatic rings. The van der Waals surface area contributed by atoms with Crippen molar-refractivity contribution in [3.05, 3.63) is 29.3 Å². The highest BCUT2D eigenvalue weighted by molar-refractivity contribution is 5.96. The molecular formula is C15H19NO4. The van der Waals surface area contributed by atoms with Crippen molar-refractivity contribution in [2.24, 2.45) is 5.41 Å². The summed E-state index contributed by atoms with van der Waals surface area (Å²) in [6.07, 6.45) is 2.04. The zero-order valence-electron chi connectivity index (χ0n) is 11.6. The molecule has 0 aliphatic heterocycles. The van der Waals surface area contributed by atoms with E-state index in [9.17, 15) is 19.8 Å². The molecule has 2 rings (SSSR count). The van der Waals surface area contributed by atoms with Gasteiger partial charge in [-0.3, -0.25) is 9.59 Å². The fourth-order valence-electron chi connectivity index (χ4n) is 2.79. The normalized spacial score (nSPS) is 25.4. The topological polar surface area (TPSA) is 86.6 Å². The summed E-state index contributed by atoms with van der Waals surface area (Å²) in [6, 6.07) is 4.15. The number of aromatic hydroxyl groups is 1. The predicted molar refractivity (Wildman–Crippen MR) is 73.7 cm³/mol. The van der Waals surface area contributed by atoms with Crippen LogP contribution in [0.15, 0.2) is 18.2 Å². The van der Waals surface area contributed by atoms with Gasteiger partial charge in [-0.2, -0.15) is 0 Å². The molecule has 1 aromatic carbocycles. The molecule has 1 saturated carbocycles. The van der Waals surface area contributed by atoms with Gasteiger partial charge in [0.05, 0.1) is 5.41 Å². The molecule has 3 N–H and O–H groups in total. The molecule has 1 aliphatic carbocycles. The quantitative estimate of drug-likeness (QED) is 0.789. The van der Waals surface area contributed by atoms with Crippen LogP contribution in [-0.2, 0) is 4.79 Å². The first-order valence-electron chi connectivity index (χ1n) is 6.68. The molecule has 0 aromatic heterocycles. The number of carboxylic acid groups (broad SMARTS) is 1. The largest absolute Gasteiger partial charge is 0.508 e. The van der Waals surface area contributed by atoms with E-state index in [4.69, 9.17) is 0 Å². The van der Waals surface area contributed by atoms with E-state index in [1.54, 1.807) is 19.9 Å². The van der Waals surface area contributed by atoms with Crippen LogP contribution in [0.5, 0.6) is 5.75 Å². The highest BCUT2D eigenvalue weighted by Gasteiger charge is 2.45. The molecule has 0 saturated heterocycles. The molecule has 0 bridgehead atoms. The fraction of sp³-hybridized carbons (Fsp3) is 0.467. The summed E-state index contributed by atoms with van der Waals surface area (Å²) < 4.78 is 0. The smallest absolute Gasteiger partial charge is 0.311 e. The number of nitrogens with one attached hydrogen (secondary N) is 1. The molecule has 5 heteroatoms. The Morgan fingerprint density at radius 3 is 2.70 bits per heavy atom. The molecule has 0 heterocycles. The molecule has 2 unspecified atom stereocenters. The summed E-state index contributed by atoms with van der Waals surface area (Å²) in [5.74, 6) is -1.06. The molecule has 108 valence electrons. The first-order valence-corrected chi connectivity index (χ1v) is 6.68. The van der Waals surface area contributed by atoms with Crippen LogP contribution in [0.25, 0.3) is 0 Å². The number of aryl methyl sites for hydroxylation is 1. The maximum atomic E-state index is 12.3. The van der Waals surface area contributed by atoms with Crippen molar-refractivity contribution in [2.75, 3.05) is 0 Å². The van der Waals surface area contributed by atoms with Gasteiger partial charge < -0.3 is 15.5 Å².